The molecule has 4 rings (SSSR count). The van der Waals surface area contributed by atoms with Crippen LogP contribution in [0.3, 0.4) is 0 Å². The third-order valence-corrected chi connectivity index (χ3v) is 14.3. The van der Waals surface area contributed by atoms with E-state index in [2.05, 4.69) is 59.6 Å². The monoisotopic (exact) mass is 462 g/mol. The number of hydrogen-bond acceptors (Lipinski definition) is 4. The molecule has 1 unspecified atom stereocenters. The summed E-state index contributed by atoms with van der Waals surface area (Å²) in [5, 5.41) is 11.2. The van der Waals surface area contributed by atoms with Crippen LogP contribution < -0.4 is 0 Å². The van der Waals surface area contributed by atoms with Crippen LogP contribution in [0.15, 0.2) is 0 Å². The van der Waals surface area contributed by atoms with Crippen molar-refractivity contribution in [3.8, 4) is 11.8 Å². The first-order chi connectivity index (χ1) is 14.9. The second kappa shape index (κ2) is 8.68. The fourth-order valence-corrected chi connectivity index (χ4v) is 8.19. The highest BCUT2D eigenvalue weighted by molar-refractivity contribution is 6.74. The van der Waals surface area contributed by atoms with Gasteiger partial charge in [0.05, 0.1) is 25.2 Å². The second-order valence-electron chi connectivity index (χ2n) is 12.8. The summed E-state index contributed by atoms with van der Waals surface area (Å²) in [6.07, 6.45) is 7.63. The summed E-state index contributed by atoms with van der Waals surface area (Å²) in [5.41, 5.74) is -0.0667. The van der Waals surface area contributed by atoms with Crippen molar-refractivity contribution < 1.29 is 19.0 Å². The predicted octanol–water partition coefficient (Wildman–Crippen LogP) is 5.75. The van der Waals surface area contributed by atoms with Crippen LogP contribution >= 0.6 is 0 Å². The van der Waals surface area contributed by atoms with Crippen molar-refractivity contribution >= 4 is 8.32 Å². The number of aliphatic hydroxyl groups excluding tert-OH is 1. The Balaban J connectivity index is 1.56. The van der Waals surface area contributed by atoms with Gasteiger partial charge in [-0.05, 0) is 49.2 Å². The Bertz CT molecular complexity index is 735. The van der Waals surface area contributed by atoms with Crippen molar-refractivity contribution in [2.75, 3.05) is 13.2 Å². The van der Waals surface area contributed by atoms with E-state index in [9.17, 15) is 5.11 Å². The Morgan fingerprint density at radius 3 is 2.34 bits per heavy atom. The Morgan fingerprint density at radius 1 is 1.12 bits per heavy atom. The van der Waals surface area contributed by atoms with Gasteiger partial charge in [-0.1, -0.05) is 72.1 Å². The fraction of sp³-hybridized carbons (Fsp3) is 0.926. The molecule has 4 nitrogen and oxygen atoms in total. The second-order valence-corrected chi connectivity index (χ2v) is 17.5. The topological polar surface area (TPSA) is 47.9 Å². The summed E-state index contributed by atoms with van der Waals surface area (Å²) in [5.74, 6) is 7.97. The van der Waals surface area contributed by atoms with E-state index in [0.717, 1.165) is 25.2 Å². The SMILES string of the molecule is CC1[C@H]2[C@H](C#C[C@H](CC3CCCC3)O[Si](C)(C)C(C)(C)C)[C@@H](O)CC[C@@]2(C)C12OCCO2. The van der Waals surface area contributed by atoms with Crippen LogP contribution in [0.2, 0.25) is 18.1 Å². The molecule has 0 amide bonds. The molecule has 0 bridgehead atoms. The Hall–Kier alpha value is -0.383. The molecule has 1 spiro atoms. The first-order valence-electron chi connectivity index (χ1n) is 13.1. The molecule has 1 aliphatic heterocycles. The zero-order chi connectivity index (χ0) is 23.4. The van der Waals surface area contributed by atoms with E-state index in [1.807, 2.05) is 0 Å². The molecule has 0 aromatic heterocycles. The van der Waals surface area contributed by atoms with Gasteiger partial charge in [0.2, 0.25) is 0 Å². The van der Waals surface area contributed by atoms with Crippen molar-refractivity contribution in [3.05, 3.63) is 0 Å². The van der Waals surface area contributed by atoms with Gasteiger partial charge in [0, 0.05) is 11.3 Å². The molecule has 4 aliphatic rings. The van der Waals surface area contributed by atoms with E-state index in [4.69, 9.17) is 13.9 Å². The van der Waals surface area contributed by atoms with Crippen LogP contribution in [0.1, 0.15) is 79.6 Å². The molecule has 3 aliphatic carbocycles. The number of hydrogen-bond donors (Lipinski definition) is 1. The van der Waals surface area contributed by atoms with Crippen molar-refractivity contribution in [1.82, 2.24) is 0 Å². The summed E-state index contributed by atoms with van der Waals surface area (Å²) in [6, 6.07) is 0. The fourth-order valence-electron chi connectivity index (χ4n) is 6.97. The average Bonchev–Trinajstić information content (AvgIpc) is 3.40. The minimum Gasteiger partial charge on any atom is -0.403 e. The van der Waals surface area contributed by atoms with Crippen LogP contribution in [-0.2, 0) is 13.9 Å². The number of fused-ring (bicyclic) bond motifs is 2. The Kier molecular flexibility index (Phi) is 6.71. The van der Waals surface area contributed by atoms with Gasteiger partial charge >= 0.3 is 0 Å². The molecule has 3 saturated carbocycles. The zero-order valence-electron chi connectivity index (χ0n) is 21.5. The third kappa shape index (κ3) is 4.03. The summed E-state index contributed by atoms with van der Waals surface area (Å²) >= 11 is 0. The highest BCUT2D eigenvalue weighted by Crippen LogP contribution is 2.69. The Morgan fingerprint density at radius 2 is 1.75 bits per heavy atom. The predicted molar refractivity (Wildman–Crippen MR) is 131 cm³/mol. The molecule has 0 aromatic carbocycles. The normalized spacial score (nSPS) is 38.1. The van der Waals surface area contributed by atoms with Gasteiger partial charge in [0.25, 0.3) is 0 Å². The van der Waals surface area contributed by atoms with Crippen LogP contribution in [0.4, 0.5) is 0 Å². The highest BCUT2D eigenvalue weighted by Gasteiger charge is 2.74. The lowest BCUT2D eigenvalue weighted by Crippen LogP contribution is -2.73. The molecule has 6 atom stereocenters. The standard InChI is InChI=1S/C27H46O4Si/c1-19-24-22(23(28)14-15-26(24,5)27(19)29-16-17-30-27)13-12-21(18-20-10-8-9-11-20)31-32(6,7)25(2,3)4/h19-24,28H,8-11,14-18H2,1-7H3/t19?,21-,22-,23+,24+,26-/m1/s1. The van der Waals surface area contributed by atoms with E-state index in [1.54, 1.807) is 0 Å². The molecule has 0 radical (unpaired) electrons. The molecule has 182 valence electrons. The maximum atomic E-state index is 11.0. The van der Waals surface area contributed by atoms with E-state index >= 15 is 0 Å². The average molecular weight is 463 g/mol. The maximum Gasteiger partial charge on any atom is 0.193 e. The van der Waals surface area contributed by atoms with Crippen molar-refractivity contribution in [3.63, 3.8) is 0 Å². The molecule has 0 aromatic rings. The van der Waals surface area contributed by atoms with Crippen LogP contribution in [-0.4, -0.2) is 44.6 Å². The lowest BCUT2D eigenvalue weighted by atomic mass is 9.42. The van der Waals surface area contributed by atoms with E-state index in [0.29, 0.717) is 19.1 Å². The molecular weight excluding hydrogens is 416 g/mol. The molecule has 1 N–H and O–H groups in total. The molecular formula is C27H46O4Si. The quantitative estimate of drug-likeness (QED) is 0.427. The van der Waals surface area contributed by atoms with Gasteiger partial charge in [0.15, 0.2) is 14.1 Å². The first-order valence-corrected chi connectivity index (χ1v) is 16.0. The van der Waals surface area contributed by atoms with E-state index in [1.165, 1.54) is 25.7 Å². The van der Waals surface area contributed by atoms with Gasteiger partial charge < -0.3 is 19.0 Å². The van der Waals surface area contributed by atoms with Gasteiger partial charge in [-0.3, -0.25) is 0 Å². The molecule has 1 heterocycles. The third-order valence-electron chi connectivity index (χ3n) is 9.82. The minimum atomic E-state index is -1.92. The molecule has 5 heteroatoms. The number of rotatable bonds is 4. The molecule has 4 fully saturated rings. The zero-order valence-corrected chi connectivity index (χ0v) is 22.5. The maximum absolute atomic E-state index is 11.0. The highest BCUT2D eigenvalue weighted by atomic mass is 28.4. The molecule has 32 heavy (non-hydrogen) atoms. The Labute approximate surface area is 197 Å². The number of ether oxygens (including phenoxy) is 2. The molecule has 1 saturated heterocycles. The summed E-state index contributed by atoms with van der Waals surface area (Å²) in [7, 11) is -1.92. The summed E-state index contributed by atoms with van der Waals surface area (Å²) < 4.78 is 19.2. The lowest BCUT2D eigenvalue weighted by molar-refractivity contribution is -0.380. The van der Waals surface area contributed by atoms with Gasteiger partial charge in [0.1, 0.15) is 6.10 Å². The van der Waals surface area contributed by atoms with Crippen molar-refractivity contribution in [2.45, 2.75) is 116 Å². The van der Waals surface area contributed by atoms with Gasteiger partial charge in [-0.25, -0.2) is 0 Å². The first kappa shape index (κ1) is 24.7. The van der Waals surface area contributed by atoms with Crippen LogP contribution in [0, 0.1) is 40.9 Å². The van der Waals surface area contributed by atoms with Gasteiger partial charge in [-0.15, -0.1) is 0 Å². The van der Waals surface area contributed by atoms with Crippen LogP contribution in [0.5, 0.6) is 0 Å². The van der Waals surface area contributed by atoms with Crippen molar-refractivity contribution in [2.24, 2.45) is 29.1 Å². The van der Waals surface area contributed by atoms with E-state index in [-0.39, 0.29) is 34.5 Å². The summed E-state index contributed by atoms with van der Waals surface area (Å²) in [4.78, 5) is 0. The van der Waals surface area contributed by atoms with Crippen molar-refractivity contribution in [1.29, 1.82) is 0 Å². The lowest BCUT2D eigenvalue weighted by Gasteiger charge is -2.68. The minimum absolute atomic E-state index is 0.0253. The van der Waals surface area contributed by atoms with Gasteiger partial charge in [-0.2, -0.15) is 0 Å². The smallest absolute Gasteiger partial charge is 0.193 e. The van der Waals surface area contributed by atoms with E-state index < -0.39 is 14.1 Å². The summed E-state index contributed by atoms with van der Waals surface area (Å²) in [6.45, 7) is 17.4. The van der Waals surface area contributed by atoms with Crippen LogP contribution in [0.25, 0.3) is 0 Å². The number of aliphatic hydroxyl groups is 1. The largest absolute Gasteiger partial charge is 0.403 e.